The Morgan fingerprint density at radius 2 is 2.11 bits per heavy atom. The molecule has 1 atom stereocenters. The van der Waals surface area contributed by atoms with Gasteiger partial charge in [0.25, 0.3) is 0 Å². The molecular weight excluding hydrogens is 240 g/mol. The van der Waals surface area contributed by atoms with E-state index < -0.39 is 5.60 Å². The van der Waals surface area contributed by atoms with Crippen molar-refractivity contribution in [1.82, 2.24) is 0 Å². The lowest BCUT2D eigenvalue weighted by molar-refractivity contribution is -0.156. The summed E-state index contributed by atoms with van der Waals surface area (Å²) in [5.74, 6) is 1.06. The SMILES string of the molecule is CC(C)(C)OC(=O)C[C@H]1CCc2ccccc2OC1. The van der Waals surface area contributed by atoms with E-state index in [-0.39, 0.29) is 11.9 Å². The summed E-state index contributed by atoms with van der Waals surface area (Å²) < 4.78 is 11.1. The van der Waals surface area contributed by atoms with Gasteiger partial charge < -0.3 is 9.47 Å². The summed E-state index contributed by atoms with van der Waals surface area (Å²) in [7, 11) is 0. The lowest BCUT2D eigenvalue weighted by Crippen LogP contribution is -2.26. The number of benzene rings is 1. The first-order valence-corrected chi connectivity index (χ1v) is 6.86. The second-order valence-corrected chi connectivity index (χ2v) is 6.11. The Morgan fingerprint density at radius 1 is 1.37 bits per heavy atom. The Hall–Kier alpha value is -1.51. The standard InChI is InChI=1S/C16H22O3/c1-16(2,3)19-15(17)10-12-8-9-13-6-4-5-7-14(13)18-11-12/h4-7,12H,8-11H2,1-3H3/t12-/m1/s1. The predicted octanol–water partition coefficient (Wildman–Crippen LogP) is 3.36. The minimum absolute atomic E-state index is 0.132. The zero-order chi connectivity index (χ0) is 13.9. The van der Waals surface area contributed by atoms with Crippen LogP contribution >= 0.6 is 0 Å². The maximum Gasteiger partial charge on any atom is 0.306 e. The van der Waals surface area contributed by atoms with Gasteiger partial charge in [-0.25, -0.2) is 0 Å². The summed E-state index contributed by atoms with van der Waals surface area (Å²) in [5, 5.41) is 0. The van der Waals surface area contributed by atoms with Gasteiger partial charge in [-0.15, -0.1) is 0 Å². The van der Waals surface area contributed by atoms with Crippen molar-refractivity contribution in [3.8, 4) is 5.75 Å². The number of carbonyl (C=O) groups excluding carboxylic acids is 1. The van der Waals surface area contributed by atoms with Gasteiger partial charge in [-0.3, -0.25) is 4.79 Å². The molecule has 2 rings (SSSR count). The second kappa shape index (κ2) is 5.64. The Morgan fingerprint density at radius 3 is 2.84 bits per heavy atom. The van der Waals surface area contributed by atoms with E-state index in [9.17, 15) is 4.79 Å². The third-order valence-electron chi connectivity index (χ3n) is 3.14. The lowest BCUT2D eigenvalue weighted by Gasteiger charge is -2.21. The number of hydrogen-bond donors (Lipinski definition) is 0. The minimum atomic E-state index is -0.411. The average molecular weight is 262 g/mol. The molecule has 3 heteroatoms. The molecule has 0 amide bonds. The molecule has 1 heterocycles. The molecule has 0 unspecified atom stereocenters. The number of aryl methyl sites for hydroxylation is 1. The first-order chi connectivity index (χ1) is 8.94. The fraction of sp³-hybridized carbons (Fsp3) is 0.562. The van der Waals surface area contributed by atoms with Crippen LogP contribution in [-0.4, -0.2) is 18.2 Å². The van der Waals surface area contributed by atoms with Crippen molar-refractivity contribution in [1.29, 1.82) is 0 Å². The van der Waals surface area contributed by atoms with Crippen LogP contribution in [0.2, 0.25) is 0 Å². The van der Waals surface area contributed by atoms with Gasteiger partial charge in [0.15, 0.2) is 0 Å². The molecule has 0 spiro atoms. The van der Waals surface area contributed by atoms with Crippen LogP contribution in [0.15, 0.2) is 24.3 Å². The molecule has 0 bridgehead atoms. The fourth-order valence-corrected chi connectivity index (χ4v) is 2.28. The maximum absolute atomic E-state index is 11.8. The van der Waals surface area contributed by atoms with Crippen LogP contribution in [0.5, 0.6) is 5.75 Å². The minimum Gasteiger partial charge on any atom is -0.493 e. The molecule has 1 aliphatic rings. The van der Waals surface area contributed by atoms with Crippen LogP contribution in [-0.2, 0) is 16.0 Å². The van der Waals surface area contributed by atoms with E-state index in [0.29, 0.717) is 13.0 Å². The Balaban J connectivity index is 1.90. The molecule has 0 fully saturated rings. The van der Waals surface area contributed by atoms with Crippen molar-refractivity contribution in [2.75, 3.05) is 6.61 Å². The van der Waals surface area contributed by atoms with Crippen molar-refractivity contribution < 1.29 is 14.3 Å². The highest BCUT2D eigenvalue weighted by Crippen LogP contribution is 2.27. The molecule has 1 aromatic rings. The van der Waals surface area contributed by atoms with Gasteiger partial charge in [-0.2, -0.15) is 0 Å². The average Bonchev–Trinajstić information content (AvgIpc) is 2.50. The normalized spacial score (nSPS) is 19.0. The predicted molar refractivity (Wildman–Crippen MR) is 74.2 cm³/mol. The van der Waals surface area contributed by atoms with E-state index in [1.54, 1.807) is 0 Å². The Kier molecular flexibility index (Phi) is 4.13. The summed E-state index contributed by atoms with van der Waals surface area (Å²) in [6.07, 6.45) is 2.37. The number of fused-ring (bicyclic) bond motifs is 1. The van der Waals surface area contributed by atoms with Crippen molar-refractivity contribution in [3.63, 3.8) is 0 Å². The van der Waals surface area contributed by atoms with E-state index in [2.05, 4.69) is 6.07 Å². The zero-order valence-electron chi connectivity index (χ0n) is 11.9. The van der Waals surface area contributed by atoms with Gasteiger partial charge in [0.05, 0.1) is 13.0 Å². The largest absolute Gasteiger partial charge is 0.493 e. The van der Waals surface area contributed by atoms with Crippen LogP contribution in [0, 0.1) is 5.92 Å². The topological polar surface area (TPSA) is 35.5 Å². The molecule has 0 radical (unpaired) electrons. The van der Waals surface area contributed by atoms with Crippen LogP contribution in [0.4, 0.5) is 0 Å². The number of carbonyl (C=O) groups is 1. The first kappa shape index (κ1) is 13.9. The summed E-state index contributed by atoms with van der Waals surface area (Å²) in [4.78, 5) is 11.8. The molecule has 3 nitrogen and oxygen atoms in total. The third kappa shape index (κ3) is 4.27. The summed E-state index contributed by atoms with van der Waals surface area (Å²) in [6.45, 7) is 6.27. The highest BCUT2D eigenvalue weighted by Gasteiger charge is 2.23. The molecule has 104 valence electrons. The highest BCUT2D eigenvalue weighted by molar-refractivity contribution is 5.70. The zero-order valence-corrected chi connectivity index (χ0v) is 11.9. The second-order valence-electron chi connectivity index (χ2n) is 6.11. The molecule has 0 saturated heterocycles. The summed E-state index contributed by atoms with van der Waals surface area (Å²) >= 11 is 0. The monoisotopic (exact) mass is 262 g/mol. The van der Waals surface area contributed by atoms with Gasteiger partial charge in [-0.1, -0.05) is 18.2 Å². The first-order valence-electron chi connectivity index (χ1n) is 6.86. The molecule has 1 aliphatic heterocycles. The molecular formula is C16H22O3. The summed E-state index contributed by atoms with van der Waals surface area (Å²) in [6, 6.07) is 8.08. The third-order valence-corrected chi connectivity index (χ3v) is 3.14. The molecule has 0 saturated carbocycles. The number of ether oxygens (including phenoxy) is 2. The smallest absolute Gasteiger partial charge is 0.306 e. The van der Waals surface area contributed by atoms with Crippen LogP contribution < -0.4 is 4.74 Å². The van der Waals surface area contributed by atoms with Crippen LogP contribution in [0.25, 0.3) is 0 Å². The molecule has 19 heavy (non-hydrogen) atoms. The van der Waals surface area contributed by atoms with Crippen molar-refractivity contribution >= 4 is 5.97 Å². The number of rotatable bonds is 2. The highest BCUT2D eigenvalue weighted by atomic mass is 16.6. The maximum atomic E-state index is 11.8. The molecule has 0 aromatic heterocycles. The Bertz CT molecular complexity index is 419. The Labute approximate surface area is 114 Å². The van der Waals surface area contributed by atoms with Crippen molar-refractivity contribution in [2.45, 2.75) is 45.6 Å². The van der Waals surface area contributed by atoms with E-state index in [4.69, 9.17) is 9.47 Å². The van der Waals surface area contributed by atoms with E-state index >= 15 is 0 Å². The molecule has 0 N–H and O–H groups in total. The van der Waals surface area contributed by atoms with Gasteiger partial charge in [0.2, 0.25) is 0 Å². The van der Waals surface area contributed by atoms with Crippen molar-refractivity contribution in [3.05, 3.63) is 29.8 Å². The summed E-state index contributed by atoms with van der Waals surface area (Å²) in [5.41, 5.74) is 0.820. The van der Waals surface area contributed by atoms with E-state index in [1.807, 2.05) is 39.0 Å². The quantitative estimate of drug-likeness (QED) is 0.767. The van der Waals surface area contributed by atoms with Crippen LogP contribution in [0.3, 0.4) is 0 Å². The lowest BCUT2D eigenvalue weighted by atomic mass is 9.98. The number of para-hydroxylation sites is 1. The number of hydrogen-bond acceptors (Lipinski definition) is 3. The van der Waals surface area contributed by atoms with Crippen molar-refractivity contribution in [2.24, 2.45) is 5.92 Å². The molecule has 1 aromatic carbocycles. The van der Waals surface area contributed by atoms with Gasteiger partial charge >= 0.3 is 5.97 Å². The van der Waals surface area contributed by atoms with Crippen LogP contribution in [0.1, 0.15) is 39.2 Å². The van der Waals surface area contributed by atoms with E-state index in [1.165, 1.54) is 5.56 Å². The molecule has 0 aliphatic carbocycles. The fourth-order valence-electron chi connectivity index (χ4n) is 2.28. The van der Waals surface area contributed by atoms with Gasteiger partial charge in [-0.05, 0) is 45.2 Å². The van der Waals surface area contributed by atoms with Gasteiger partial charge in [0, 0.05) is 5.92 Å². The van der Waals surface area contributed by atoms with Gasteiger partial charge in [0.1, 0.15) is 11.4 Å². The number of esters is 1. The van der Waals surface area contributed by atoms with E-state index in [0.717, 1.165) is 18.6 Å².